The van der Waals surface area contributed by atoms with E-state index in [2.05, 4.69) is 31.0 Å². The van der Waals surface area contributed by atoms with Crippen molar-refractivity contribution in [1.29, 1.82) is 0 Å². The van der Waals surface area contributed by atoms with Crippen LogP contribution < -0.4 is 10.2 Å². The highest BCUT2D eigenvalue weighted by atomic mass is 35.5. The van der Waals surface area contributed by atoms with Gasteiger partial charge in [-0.05, 0) is 35.2 Å². The van der Waals surface area contributed by atoms with E-state index in [1.807, 2.05) is 47.4 Å². The van der Waals surface area contributed by atoms with Gasteiger partial charge in [0.25, 0.3) is 5.91 Å². The molecule has 6 heteroatoms. The van der Waals surface area contributed by atoms with E-state index in [1.165, 1.54) is 5.56 Å². The predicted molar refractivity (Wildman–Crippen MR) is 119 cm³/mol. The molecular weight excluding hydrogens is 386 g/mol. The van der Waals surface area contributed by atoms with Crippen LogP contribution in [0.1, 0.15) is 43.6 Å². The number of anilines is 2. The molecule has 1 fully saturated rings. The van der Waals surface area contributed by atoms with Crippen molar-refractivity contribution in [3.8, 4) is 0 Å². The molecule has 0 bridgehead atoms. The van der Waals surface area contributed by atoms with Crippen LogP contribution >= 0.6 is 11.6 Å². The molecule has 1 N–H and O–H groups in total. The highest BCUT2D eigenvalue weighted by Gasteiger charge is 2.23. The lowest BCUT2D eigenvalue weighted by Crippen LogP contribution is -2.48. The molecule has 154 valence electrons. The molecule has 2 amide bonds. The molecule has 1 heterocycles. The van der Waals surface area contributed by atoms with E-state index in [4.69, 9.17) is 11.6 Å². The molecule has 0 unspecified atom stereocenters. The molecule has 1 aliphatic rings. The average molecular weight is 414 g/mol. The van der Waals surface area contributed by atoms with Crippen LogP contribution in [0.25, 0.3) is 0 Å². The Balaban J connectivity index is 1.79. The van der Waals surface area contributed by atoms with Crippen LogP contribution in [0.15, 0.2) is 42.5 Å². The minimum Gasteiger partial charge on any atom is -0.365 e. The number of carbonyl (C=O) groups is 2. The van der Waals surface area contributed by atoms with Gasteiger partial charge in [0.1, 0.15) is 0 Å². The van der Waals surface area contributed by atoms with E-state index in [1.54, 1.807) is 6.92 Å². The van der Waals surface area contributed by atoms with E-state index in [-0.39, 0.29) is 17.2 Å². The fourth-order valence-electron chi connectivity index (χ4n) is 3.50. The van der Waals surface area contributed by atoms with Gasteiger partial charge in [0.2, 0.25) is 5.91 Å². The zero-order valence-electron chi connectivity index (χ0n) is 17.5. The maximum atomic E-state index is 12.8. The molecule has 0 radical (unpaired) electrons. The van der Waals surface area contributed by atoms with Crippen molar-refractivity contribution in [2.24, 2.45) is 0 Å². The Labute approximate surface area is 177 Å². The van der Waals surface area contributed by atoms with Gasteiger partial charge in [-0.2, -0.15) is 0 Å². The Morgan fingerprint density at radius 2 is 1.59 bits per heavy atom. The third-order valence-corrected chi connectivity index (χ3v) is 5.59. The van der Waals surface area contributed by atoms with E-state index < -0.39 is 0 Å². The van der Waals surface area contributed by atoms with Crippen molar-refractivity contribution in [2.75, 3.05) is 36.4 Å². The highest BCUT2D eigenvalue weighted by molar-refractivity contribution is 6.34. The number of piperazine rings is 1. The van der Waals surface area contributed by atoms with Crippen LogP contribution in [-0.4, -0.2) is 42.9 Å². The first-order chi connectivity index (χ1) is 13.7. The van der Waals surface area contributed by atoms with Crippen molar-refractivity contribution in [1.82, 2.24) is 4.90 Å². The number of carbonyl (C=O) groups excluding carboxylic acids is 2. The molecule has 0 spiro atoms. The number of hydrogen-bond acceptors (Lipinski definition) is 3. The molecule has 1 aliphatic heterocycles. The molecule has 2 aromatic carbocycles. The molecule has 5 nitrogen and oxygen atoms in total. The monoisotopic (exact) mass is 413 g/mol. The SMILES string of the molecule is CC(=O)N1CCN(c2c(Cl)cccc2NC(=O)c2ccc(C(C)(C)C)cc2)CC1. The van der Waals surface area contributed by atoms with Gasteiger partial charge < -0.3 is 15.1 Å². The van der Waals surface area contributed by atoms with Crippen LogP contribution in [0.4, 0.5) is 11.4 Å². The first-order valence-corrected chi connectivity index (χ1v) is 10.3. The molecule has 0 aliphatic carbocycles. The summed E-state index contributed by atoms with van der Waals surface area (Å²) in [7, 11) is 0. The van der Waals surface area contributed by atoms with E-state index in [9.17, 15) is 9.59 Å². The summed E-state index contributed by atoms with van der Waals surface area (Å²) in [5, 5.41) is 3.60. The fourth-order valence-corrected chi connectivity index (χ4v) is 3.79. The van der Waals surface area contributed by atoms with Gasteiger partial charge in [-0.25, -0.2) is 0 Å². The second-order valence-electron chi connectivity index (χ2n) is 8.41. The summed E-state index contributed by atoms with van der Waals surface area (Å²) in [6, 6.07) is 13.2. The number of benzene rings is 2. The van der Waals surface area contributed by atoms with Crippen molar-refractivity contribution in [3.05, 3.63) is 58.6 Å². The Hall–Kier alpha value is -2.53. The number of nitrogens with one attached hydrogen (secondary N) is 1. The summed E-state index contributed by atoms with van der Waals surface area (Å²) in [6.07, 6.45) is 0. The number of rotatable bonds is 3. The molecule has 3 rings (SSSR count). The Bertz CT molecular complexity index is 895. The maximum absolute atomic E-state index is 12.8. The molecule has 29 heavy (non-hydrogen) atoms. The van der Waals surface area contributed by atoms with Crippen molar-refractivity contribution < 1.29 is 9.59 Å². The van der Waals surface area contributed by atoms with Gasteiger partial charge >= 0.3 is 0 Å². The normalized spacial score (nSPS) is 14.7. The summed E-state index contributed by atoms with van der Waals surface area (Å²) in [6.45, 7) is 10.6. The van der Waals surface area contributed by atoms with Crippen LogP contribution in [0.5, 0.6) is 0 Å². The zero-order chi connectivity index (χ0) is 21.2. The third-order valence-electron chi connectivity index (χ3n) is 5.29. The lowest BCUT2D eigenvalue weighted by molar-refractivity contribution is -0.129. The highest BCUT2D eigenvalue weighted by Crippen LogP contribution is 2.35. The van der Waals surface area contributed by atoms with Gasteiger partial charge in [-0.3, -0.25) is 9.59 Å². The second-order valence-corrected chi connectivity index (χ2v) is 8.82. The molecule has 0 aromatic heterocycles. The summed E-state index contributed by atoms with van der Waals surface area (Å²) < 4.78 is 0. The van der Waals surface area contributed by atoms with Gasteiger partial charge in [0.15, 0.2) is 0 Å². The van der Waals surface area contributed by atoms with Gasteiger partial charge in [-0.1, -0.05) is 50.6 Å². The standard InChI is InChI=1S/C23H28ClN3O2/c1-16(28)26-12-14-27(15-13-26)21-19(24)6-5-7-20(21)25-22(29)17-8-10-18(11-9-17)23(2,3)4/h5-11H,12-15H2,1-4H3,(H,25,29). The van der Waals surface area contributed by atoms with Crippen LogP contribution in [-0.2, 0) is 10.2 Å². The van der Waals surface area contributed by atoms with Gasteiger partial charge in [0, 0.05) is 38.7 Å². The van der Waals surface area contributed by atoms with E-state index in [0.29, 0.717) is 42.5 Å². The number of nitrogens with zero attached hydrogens (tertiary/aromatic N) is 2. The van der Waals surface area contributed by atoms with Gasteiger partial charge in [-0.15, -0.1) is 0 Å². The minimum atomic E-state index is -0.170. The smallest absolute Gasteiger partial charge is 0.255 e. The second kappa shape index (κ2) is 8.46. The lowest BCUT2D eigenvalue weighted by atomic mass is 9.87. The largest absolute Gasteiger partial charge is 0.365 e. The number of para-hydroxylation sites is 1. The Morgan fingerprint density at radius 1 is 0.966 bits per heavy atom. The number of halogens is 1. The van der Waals surface area contributed by atoms with E-state index >= 15 is 0 Å². The summed E-state index contributed by atoms with van der Waals surface area (Å²) in [5.41, 5.74) is 3.30. The van der Waals surface area contributed by atoms with Crippen LogP contribution in [0.2, 0.25) is 5.02 Å². The van der Waals surface area contributed by atoms with Crippen molar-refractivity contribution >= 4 is 34.8 Å². The molecule has 1 saturated heterocycles. The lowest BCUT2D eigenvalue weighted by Gasteiger charge is -2.37. The average Bonchev–Trinajstić information content (AvgIpc) is 2.67. The minimum absolute atomic E-state index is 0.0388. The zero-order valence-corrected chi connectivity index (χ0v) is 18.2. The third kappa shape index (κ3) is 4.91. The molecule has 2 aromatic rings. The van der Waals surface area contributed by atoms with Gasteiger partial charge in [0.05, 0.1) is 16.4 Å². The topological polar surface area (TPSA) is 52.7 Å². The Morgan fingerprint density at radius 3 is 2.14 bits per heavy atom. The quantitative estimate of drug-likeness (QED) is 0.802. The van der Waals surface area contributed by atoms with E-state index in [0.717, 1.165) is 5.69 Å². The van der Waals surface area contributed by atoms with Crippen LogP contribution in [0.3, 0.4) is 0 Å². The maximum Gasteiger partial charge on any atom is 0.255 e. The Kier molecular flexibility index (Phi) is 6.18. The summed E-state index contributed by atoms with van der Waals surface area (Å²) in [5.74, 6) is -0.0904. The summed E-state index contributed by atoms with van der Waals surface area (Å²) >= 11 is 6.49. The molecular formula is C23H28ClN3O2. The fraction of sp³-hybridized carbons (Fsp3) is 0.391. The van der Waals surface area contributed by atoms with Crippen molar-refractivity contribution in [3.63, 3.8) is 0 Å². The van der Waals surface area contributed by atoms with Crippen molar-refractivity contribution in [2.45, 2.75) is 33.1 Å². The summed E-state index contributed by atoms with van der Waals surface area (Å²) in [4.78, 5) is 28.4. The van der Waals surface area contributed by atoms with Crippen LogP contribution in [0, 0.1) is 0 Å². The predicted octanol–water partition coefficient (Wildman–Crippen LogP) is 4.56. The first-order valence-electron chi connectivity index (χ1n) is 9.87. The molecule has 0 saturated carbocycles. The number of hydrogen-bond donors (Lipinski definition) is 1. The number of amides is 2. The first kappa shape index (κ1) is 21.2. The molecule has 0 atom stereocenters.